The fourth-order valence-electron chi connectivity index (χ4n) is 3.70. The van der Waals surface area contributed by atoms with E-state index in [9.17, 15) is 21.6 Å². The number of nitrogens with zero attached hydrogens (tertiary/aromatic N) is 3. The second kappa shape index (κ2) is 10.1. The van der Waals surface area contributed by atoms with Gasteiger partial charge in [0.2, 0.25) is 21.8 Å². The van der Waals surface area contributed by atoms with E-state index in [-0.39, 0.29) is 34.0 Å². The maximum absolute atomic E-state index is 13.0. The van der Waals surface area contributed by atoms with Gasteiger partial charge in [-0.3, -0.25) is 10.1 Å². The highest BCUT2D eigenvalue weighted by atomic mass is 35.5. The van der Waals surface area contributed by atoms with Crippen molar-refractivity contribution >= 4 is 43.4 Å². The Balaban J connectivity index is 1.42. The van der Waals surface area contributed by atoms with Crippen LogP contribution in [0.1, 0.15) is 19.8 Å². The fourth-order valence-corrected chi connectivity index (χ4v) is 6.23. The van der Waals surface area contributed by atoms with Crippen LogP contribution < -0.4 is 5.32 Å². The number of sulfonamides is 1. The fraction of sp³-hybridized carbons (Fsp3) is 0.318. The van der Waals surface area contributed by atoms with Crippen LogP contribution in [0.15, 0.2) is 62.7 Å². The quantitative estimate of drug-likeness (QED) is 0.483. The molecule has 0 bridgehead atoms. The highest BCUT2D eigenvalue weighted by molar-refractivity contribution is 7.91. The van der Waals surface area contributed by atoms with E-state index < -0.39 is 31.7 Å². The number of piperidine rings is 1. The molecule has 1 atom stereocenters. The van der Waals surface area contributed by atoms with Gasteiger partial charge >= 0.3 is 6.01 Å². The summed E-state index contributed by atoms with van der Waals surface area (Å²) >= 11 is 5.86. The average molecular weight is 539 g/mol. The van der Waals surface area contributed by atoms with Crippen LogP contribution in [0.2, 0.25) is 5.02 Å². The van der Waals surface area contributed by atoms with E-state index in [0.717, 1.165) is 0 Å². The lowest BCUT2D eigenvalue weighted by atomic mass is 9.99. The van der Waals surface area contributed by atoms with Crippen LogP contribution in [0.5, 0.6) is 0 Å². The Morgan fingerprint density at radius 3 is 2.37 bits per heavy atom. The smallest absolute Gasteiger partial charge is 0.322 e. The second-order valence-electron chi connectivity index (χ2n) is 7.99. The highest BCUT2D eigenvalue weighted by Gasteiger charge is 2.34. The lowest BCUT2D eigenvalue weighted by Gasteiger charge is -2.30. The first-order chi connectivity index (χ1) is 16.6. The number of aromatic nitrogens is 2. The zero-order valence-corrected chi connectivity index (χ0v) is 21.1. The Kier molecular flexibility index (Phi) is 7.27. The first-order valence-corrected chi connectivity index (χ1v) is 14.3. The molecule has 1 unspecified atom stereocenters. The van der Waals surface area contributed by atoms with Gasteiger partial charge in [-0.25, -0.2) is 16.8 Å². The SMILES string of the molecule is CCS(=O)(=O)c1ccc(-c2nnc(NC(=O)C3CCCN(S(=O)(=O)c4ccc(Cl)cc4)C3)o2)cc1. The van der Waals surface area contributed by atoms with E-state index >= 15 is 0 Å². The Labute approximate surface area is 208 Å². The predicted octanol–water partition coefficient (Wildman–Crippen LogP) is 3.22. The monoisotopic (exact) mass is 538 g/mol. The molecule has 1 amide bonds. The van der Waals surface area contributed by atoms with Crippen molar-refractivity contribution in [2.24, 2.45) is 5.92 Å². The summed E-state index contributed by atoms with van der Waals surface area (Å²) in [5.74, 6) is -0.931. The number of halogens is 1. The van der Waals surface area contributed by atoms with Crippen LogP contribution >= 0.6 is 11.6 Å². The van der Waals surface area contributed by atoms with Gasteiger partial charge in [-0.15, -0.1) is 5.10 Å². The van der Waals surface area contributed by atoms with E-state index in [4.69, 9.17) is 16.0 Å². The van der Waals surface area contributed by atoms with E-state index in [2.05, 4.69) is 15.5 Å². The van der Waals surface area contributed by atoms with Crippen molar-refractivity contribution in [3.05, 3.63) is 53.6 Å². The van der Waals surface area contributed by atoms with Gasteiger partial charge < -0.3 is 4.42 Å². The van der Waals surface area contributed by atoms with Gasteiger partial charge in [0.15, 0.2) is 9.84 Å². The van der Waals surface area contributed by atoms with Crippen molar-refractivity contribution < 1.29 is 26.0 Å². The molecule has 3 aromatic rings. The van der Waals surface area contributed by atoms with E-state index in [1.54, 1.807) is 19.1 Å². The number of anilines is 1. The maximum Gasteiger partial charge on any atom is 0.322 e. The lowest BCUT2D eigenvalue weighted by Crippen LogP contribution is -2.43. The maximum atomic E-state index is 13.0. The van der Waals surface area contributed by atoms with Crippen LogP contribution in [-0.2, 0) is 24.7 Å². The minimum Gasteiger partial charge on any atom is -0.403 e. The zero-order chi connectivity index (χ0) is 25.2. The number of carbonyl (C=O) groups excluding carboxylic acids is 1. The Morgan fingerprint density at radius 1 is 1.06 bits per heavy atom. The van der Waals surface area contributed by atoms with E-state index in [0.29, 0.717) is 30.0 Å². The Bertz CT molecular complexity index is 1420. The molecule has 0 spiro atoms. The summed E-state index contributed by atoms with van der Waals surface area (Å²) in [4.78, 5) is 13.1. The standard InChI is InChI=1S/C22H23ClN4O6S2/c1-2-34(29,30)18-9-5-15(6-10-18)21-25-26-22(33-21)24-20(28)16-4-3-13-27(14-16)35(31,32)19-11-7-17(23)8-12-19/h5-12,16H,2-4,13-14H2,1H3,(H,24,26,28). The average Bonchev–Trinajstić information content (AvgIpc) is 3.33. The number of hydrogen-bond donors (Lipinski definition) is 1. The number of amides is 1. The largest absolute Gasteiger partial charge is 0.403 e. The summed E-state index contributed by atoms with van der Waals surface area (Å²) in [6.07, 6.45) is 1.03. The van der Waals surface area contributed by atoms with Crippen molar-refractivity contribution in [3.63, 3.8) is 0 Å². The molecule has 0 saturated carbocycles. The first-order valence-electron chi connectivity index (χ1n) is 10.8. The predicted molar refractivity (Wildman–Crippen MR) is 129 cm³/mol. The molecule has 35 heavy (non-hydrogen) atoms. The second-order valence-corrected chi connectivity index (χ2v) is 12.6. The summed E-state index contributed by atoms with van der Waals surface area (Å²) < 4.78 is 56.6. The van der Waals surface area contributed by atoms with Crippen molar-refractivity contribution in [3.8, 4) is 11.5 Å². The summed E-state index contributed by atoms with van der Waals surface area (Å²) in [7, 11) is -7.10. The number of sulfone groups is 1. The molecule has 1 aliphatic heterocycles. The molecule has 2 aromatic carbocycles. The van der Waals surface area contributed by atoms with Gasteiger partial charge in [0.25, 0.3) is 0 Å². The Morgan fingerprint density at radius 2 is 1.71 bits per heavy atom. The molecule has 1 fully saturated rings. The first kappa shape index (κ1) is 25.3. The van der Waals surface area contributed by atoms with Gasteiger partial charge in [0.1, 0.15) is 0 Å². The molecule has 2 heterocycles. The van der Waals surface area contributed by atoms with E-state index in [1.165, 1.54) is 40.7 Å². The number of carbonyl (C=O) groups is 1. The number of rotatable bonds is 7. The number of hydrogen-bond acceptors (Lipinski definition) is 8. The van der Waals surface area contributed by atoms with Crippen LogP contribution in [0, 0.1) is 5.92 Å². The molecule has 4 rings (SSSR count). The lowest BCUT2D eigenvalue weighted by molar-refractivity contribution is -0.121. The van der Waals surface area contributed by atoms with Crippen molar-refractivity contribution in [2.45, 2.75) is 29.6 Å². The molecule has 186 valence electrons. The molecule has 0 aliphatic carbocycles. The van der Waals surface area contributed by atoms with Gasteiger partial charge in [0, 0.05) is 23.7 Å². The third-order valence-electron chi connectivity index (χ3n) is 5.70. The van der Waals surface area contributed by atoms with Gasteiger partial charge in [-0.1, -0.05) is 23.6 Å². The van der Waals surface area contributed by atoms with Crippen molar-refractivity contribution in [1.82, 2.24) is 14.5 Å². The molecule has 0 radical (unpaired) electrons. The molecule has 1 saturated heterocycles. The third kappa shape index (κ3) is 5.56. The molecule has 1 aromatic heterocycles. The van der Waals surface area contributed by atoms with Gasteiger partial charge in [-0.05, 0) is 61.4 Å². The topological polar surface area (TPSA) is 140 Å². The minimum absolute atomic E-state index is 0.0112. The minimum atomic E-state index is -3.77. The van der Waals surface area contributed by atoms with Crippen LogP contribution in [-0.4, -0.2) is 56.1 Å². The normalized spacial score (nSPS) is 17.3. The zero-order valence-electron chi connectivity index (χ0n) is 18.7. The summed E-state index contributed by atoms with van der Waals surface area (Å²) in [5.41, 5.74) is 0.492. The summed E-state index contributed by atoms with van der Waals surface area (Å²) in [5, 5.41) is 10.7. The Hall–Kier alpha value is -2.80. The van der Waals surface area contributed by atoms with Gasteiger partial charge in [0.05, 0.1) is 21.5 Å². The summed E-state index contributed by atoms with van der Waals surface area (Å²) in [6.45, 7) is 1.89. The highest BCUT2D eigenvalue weighted by Crippen LogP contribution is 2.26. The molecular formula is C22H23ClN4O6S2. The van der Waals surface area contributed by atoms with Crippen molar-refractivity contribution in [1.29, 1.82) is 0 Å². The molecule has 13 heteroatoms. The van der Waals surface area contributed by atoms with Crippen molar-refractivity contribution in [2.75, 3.05) is 24.2 Å². The van der Waals surface area contributed by atoms with Crippen LogP contribution in [0.25, 0.3) is 11.5 Å². The third-order valence-corrected chi connectivity index (χ3v) is 9.58. The number of nitrogens with one attached hydrogen (secondary N) is 1. The molecule has 1 aliphatic rings. The molecule has 10 nitrogen and oxygen atoms in total. The molecule has 1 N–H and O–H groups in total. The number of benzene rings is 2. The van der Waals surface area contributed by atoms with Crippen LogP contribution in [0.4, 0.5) is 6.01 Å². The van der Waals surface area contributed by atoms with E-state index in [1.807, 2.05) is 0 Å². The summed E-state index contributed by atoms with van der Waals surface area (Å²) in [6, 6.07) is 11.7. The van der Waals surface area contributed by atoms with Gasteiger partial charge in [-0.2, -0.15) is 4.31 Å². The van der Waals surface area contributed by atoms with Crippen LogP contribution in [0.3, 0.4) is 0 Å². The molecular weight excluding hydrogens is 516 g/mol.